The molecule has 2 aromatic carbocycles. The van der Waals surface area contributed by atoms with Gasteiger partial charge >= 0.3 is 5.97 Å². The molecule has 0 bridgehead atoms. The Hall–Kier alpha value is -2.39. The maximum atomic E-state index is 12.2. The summed E-state index contributed by atoms with van der Waals surface area (Å²) in [4.78, 5) is 14.6. The third-order valence-corrected chi connectivity index (χ3v) is 5.96. The summed E-state index contributed by atoms with van der Waals surface area (Å²) < 4.78 is 5.25. The van der Waals surface area contributed by atoms with E-state index in [2.05, 4.69) is 59.5 Å². The fourth-order valence-corrected chi connectivity index (χ4v) is 4.53. The number of benzene rings is 2. The van der Waals surface area contributed by atoms with Crippen LogP contribution in [-0.4, -0.2) is 37.1 Å². The van der Waals surface area contributed by atoms with E-state index in [9.17, 15) is 4.79 Å². The van der Waals surface area contributed by atoms with Crippen molar-refractivity contribution < 1.29 is 9.53 Å². The average Bonchev–Trinajstić information content (AvgIpc) is 2.89. The largest absolute Gasteiger partial charge is 0.466 e. The van der Waals surface area contributed by atoms with Gasteiger partial charge in [0, 0.05) is 13.1 Å². The zero-order chi connectivity index (χ0) is 19.3. The summed E-state index contributed by atoms with van der Waals surface area (Å²) in [5, 5.41) is 0. The van der Waals surface area contributed by atoms with Gasteiger partial charge in [-0.2, -0.15) is 0 Å². The van der Waals surface area contributed by atoms with Crippen molar-refractivity contribution in [3.63, 3.8) is 0 Å². The number of hydrogen-bond donors (Lipinski definition) is 0. The monoisotopic (exact) mass is 375 g/mol. The molecule has 1 aliphatic carbocycles. The molecule has 1 atom stereocenters. The third-order valence-electron chi connectivity index (χ3n) is 5.96. The highest BCUT2D eigenvalue weighted by Gasteiger charge is 2.26. The van der Waals surface area contributed by atoms with E-state index in [1.54, 1.807) is 0 Å². The zero-order valence-corrected chi connectivity index (χ0v) is 16.7. The Morgan fingerprint density at radius 1 is 1.07 bits per heavy atom. The Morgan fingerprint density at radius 2 is 1.71 bits per heavy atom. The van der Waals surface area contributed by atoms with Crippen LogP contribution in [0.1, 0.15) is 42.0 Å². The number of carbonyl (C=O) groups excluding carboxylic acids is 1. The molecule has 3 heteroatoms. The first kappa shape index (κ1) is 18.9. The molecule has 1 saturated heterocycles. The number of carbonyl (C=O) groups is 1. The number of esters is 1. The lowest BCUT2D eigenvalue weighted by atomic mass is 9.93. The Labute approximate surface area is 168 Å². The Kier molecular flexibility index (Phi) is 5.92. The summed E-state index contributed by atoms with van der Waals surface area (Å²) in [6.07, 6.45) is 6.53. The molecule has 1 aliphatic heterocycles. The molecule has 0 spiro atoms. The maximum Gasteiger partial charge on any atom is 0.310 e. The molecule has 0 N–H and O–H groups in total. The smallest absolute Gasteiger partial charge is 0.310 e. The second-order valence-electron chi connectivity index (χ2n) is 7.78. The fourth-order valence-electron chi connectivity index (χ4n) is 4.53. The van der Waals surface area contributed by atoms with Gasteiger partial charge in [0.2, 0.25) is 0 Å². The van der Waals surface area contributed by atoms with Gasteiger partial charge in [-0.1, -0.05) is 54.6 Å². The first-order valence-electron chi connectivity index (χ1n) is 10.5. The van der Waals surface area contributed by atoms with Crippen LogP contribution in [0.5, 0.6) is 0 Å². The molecule has 4 rings (SSSR count). The summed E-state index contributed by atoms with van der Waals surface area (Å²) in [6, 6.07) is 17.6. The molecular weight excluding hydrogens is 346 g/mol. The van der Waals surface area contributed by atoms with Crippen LogP contribution >= 0.6 is 0 Å². The van der Waals surface area contributed by atoms with Crippen LogP contribution in [0, 0.1) is 5.92 Å². The number of fused-ring (bicyclic) bond motifs is 2. The normalized spacial score (nSPS) is 19.3. The predicted molar refractivity (Wildman–Crippen MR) is 113 cm³/mol. The van der Waals surface area contributed by atoms with Crippen LogP contribution < -0.4 is 0 Å². The number of aryl methyl sites for hydroxylation is 2. The molecule has 0 aromatic heterocycles. The number of likely N-dealkylation sites (tertiary alicyclic amines) is 1. The minimum Gasteiger partial charge on any atom is -0.466 e. The number of piperidine rings is 1. The Morgan fingerprint density at radius 3 is 2.36 bits per heavy atom. The SMILES string of the molecule is CCOC(=O)[C@@H]1CCCN(CC=C2c3ccccc3CCc3ccccc32)C1. The van der Waals surface area contributed by atoms with Gasteiger partial charge in [-0.3, -0.25) is 9.69 Å². The average molecular weight is 376 g/mol. The van der Waals surface area contributed by atoms with Crippen LogP contribution in [0.3, 0.4) is 0 Å². The number of ether oxygens (including phenoxy) is 1. The van der Waals surface area contributed by atoms with E-state index < -0.39 is 0 Å². The minimum atomic E-state index is -0.0370. The first-order chi connectivity index (χ1) is 13.8. The van der Waals surface area contributed by atoms with Gasteiger partial charge < -0.3 is 4.74 Å². The van der Waals surface area contributed by atoms with Crippen molar-refractivity contribution >= 4 is 11.5 Å². The highest BCUT2D eigenvalue weighted by molar-refractivity contribution is 5.84. The quantitative estimate of drug-likeness (QED) is 0.738. The van der Waals surface area contributed by atoms with Crippen molar-refractivity contribution in [3.8, 4) is 0 Å². The molecule has 146 valence electrons. The molecule has 3 nitrogen and oxygen atoms in total. The van der Waals surface area contributed by atoms with E-state index in [1.165, 1.54) is 27.8 Å². The molecule has 2 aromatic rings. The van der Waals surface area contributed by atoms with E-state index in [1.807, 2.05) is 6.92 Å². The lowest BCUT2D eigenvalue weighted by Crippen LogP contribution is -2.39. The van der Waals surface area contributed by atoms with Crippen molar-refractivity contribution in [3.05, 3.63) is 76.9 Å². The van der Waals surface area contributed by atoms with Crippen LogP contribution in [0.25, 0.3) is 5.57 Å². The highest BCUT2D eigenvalue weighted by atomic mass is 16.5. The van der Waals surface area contributed by atoms with Gasteiger partial charge in [-0.05, 0) is 67.0 Å². The second-order valence-corrected chi connectivity index (χ2v) is 7.78. The molecular formula is C25H29NO2. The first-order valence-corrected chi connectivity index (χ1v) is 10.5. The van der Waals surface area contributed by atoms with Gasteiger partial charge in [-0.25, -0.2) is 0 Å². The second kappa shape index (κ2) is 8.74. The molecule has 1 heterocycles. The molecule has 0 unspecified atom stereocenters. The van der Waals surface area contributed by atoms with Crippen molar-refractivity contribution in [2.45, 2.75) is 32.6 Å². The van der Waals surface area contributed by atoms with Gasteiger partial charge in [-0.15, -0.1) is 0 Å². The Bertz CT molecular complexity index is 821. The van der Waals surface area contributed by atoms with Crippen LogP contribution in [0.2, 0.25) is 0 Å². The zero-order valence-electron chi connectivity index (χ0n) is 16.7. The Balaban J connectivity index is 1.59. The molecule has 0 radical (unpaired) electrons. The molecule has 28 heavy (non-hydrogen) atoms. The summed E-state index contributed by atoms with van der Waals surface area (Å²) in [5.74, 6) is -0.0224. The summed E-state index contributed by atoms with van der Waals surface area (Å²) in [6.45, 7) is 5.06. The topological polar surface area (TPSA) is 29.5 Å². The van der Waals surface area contributed by atoms with E-state index >= 15 is 0 Å². The number of hydrogen-bond acceptors (Lipinski definition) is 3. The van der Waals surface area contributed by atoms with Gasteiger partial charge in [0.05, 0.1) is 12.5 Å². The fraction of sp³-hybridized carbons (Fsp3) is 0.400. The van der Waals surface area contributed by atoms with Crippen molar-refractivity contribution in [1.82, 2.24) is 4.90 Å². The van der Waals surface area contributed by atoms with Crippen LogP contribution in [-0.2, 0) is 22.4 Å². The summed E-state index contributed by atoms with van der Waals surface area (Å²) in [5.41, 5.74) is 6.89. The van der Waals surface area contributed by atoms with Crippen LogP contribution in [0.4, 0.5) is 0 Å². The lowest BCUT2D eigenvalue weighted by molar-refractivity contribution is -0.149. The summed E-state index contributed by atoms with van der Waals surface area (Å²) >= 11 is 0. The van der Waals surface area contributed by atoms with Gasteiger partial charge in [0.15, 0.2) is 0 Å². The minimum absolute atomic E-state index is 0.0146. The third kappa shape index (κ3) is 4.05. The predicted octanol–water partition coefficient (Wildman–Crippen LogP) is 4.49. The summed E-state index contributed by atoms with van der Waals surface area (Å²) in [7, 11) is 0. The number of rotatable bonds is 4. The lowest BCUT2D eigenvalue weighted by Gasteiger charge is -2.30. The van der Waals surface area contributed by atoms with E-state index in [4.69, 9.17) is 4.74 Å². The number of nitrogens with zero attached hydrogens (tertiary/aromatic N) is 1. The molecule has 2 aliphatic rings. The van der Waals surface area contributed by atoms with E-state index in [0.29, 0.717) is 6.61 Å². The standard InChI is InChI=1S/C25H29NO2/c1-2-28-25(27)21-10-7-16-26(18-21)17-15-24-22-11-5-3-8-19(22)13-14-20-9-4-6-12-23(20)24/h3-6,8-9,11-12,15,21H,2,7,10,13-14,16-18H2,1H3/t21-/m1/s1. The van der Waals surface area contributed by atoms with Gasteiger partial charge in [0.1, 0.15) is 0 Å². The molecule has 0 amide bonds. The van der Waals surface area contributed by atoms with E-state index in [0.717, 1.165) is 45.3 Å². The van der Waals surface area contributed by atoms with Crippen LogP contribution in [0.15, 0.2) is 54.6 Å². The molecule has 0 saturated carbocycles. The van der Waals surface area contributed by atoms with Crippen molar-refractivity contribution in [2.24, 2.45) is 5.92 Å². The molecule has 1 fully saturated rings. The van der Waals surface area contributed by atoms with E-state index in [-0.39, 0.29) is 11.9 Å². The van der Waals surface area contributed by atoms with Crippen molar-refractivity contribution in [1.29, 1.82) is 0 Å². The maximum absolute atomic E-state index is 12.2. The van der Waals surface area contributed by atoms with Crippen molar-refractivity contribution in [2.75, 3.05) is 26.2 Å². The highest BCUT2D eigenvalue weighted by Crippen LogP contribution is 2.33. The van der Waals surface area contributed by atoms with Gasteiger partial charge in [0.25, 0.3) is 0 Å².